The predicted octanol–water partition coefficient (Wildman–Crippen LogP) is 3.80. The van der Waals surface area contributed by atoms with Gasteiger partial charge in [0.2, 0.25) is 5.91 Å². The van der Waals surface area contributed by atoms with Gasteiger partial charge in [-0.15, -0.1) is 0 Å². The molecule has 28 heavy (non-hydrogen) atoms. The standard InChI is InChI=1S/C24H33N3O/c28-24(25-22-11-3-1-2-4-12-22)19-27-16-14-26(15-17-27)18-21-10-7-9-20-8-5-6-13-23(20)21/h5-10,13,22H,1-4,11-12,14-19H2,(H,25,28). The molecule has 2 fully saturated rings. The molecule has 2 aromatic rings. The molecule has 4 rings (SSSR count). The summed E-state index contributed by atoms with van der Waals surface area (Å²) in [6.07, 6.45) is 7.49. The molecule has 0 spiro atoms. The lowest BCUT2D eigenvalue weighted by Crippen LogP contribution is -2.50. The lowest BCUT2D eigenvalue weighted by Gasteiger charge is -2.34. The Hall–Kier alpha value is -1.91. The van der Waals surface area contributed by atoms with Crippen LogP contribution in [0.5, 0.6) is 0 Å². The largest absolute Gasteiger partial charge is 0.352 e. The first-order valence-corrected chi connectivity index (χ1v) is 11.0. The quantitative estimate of drug-likeness (QED) is 0.803. The van der Waals surface area contributed by atoms with Crippen LogP contribution in [-0.4, -0.2) is 54.5 Å². The Balaban J connectivity index is 1.24. The first-order valence-electron chi connectivity index (χ1n) is 11.0. The van der Waals surface area contributed by atoms with E-state index in [1.54, 1.807) is 0 Å². The molecule has 4 heteroatoms. The molecule has 1 saturated carbocycles. The topological polar surface area (TPSA) is 35.6 Å². The molecule has 1 heterocycles. The van der Waals surface area contributed by atoms with Gasteiger partial charge in [-0.3, -0.25) is 14.6 Å². The third-order valence-corrected chi connectivity index (χ3v) is 6.33. The molecule has 2 aliphatic rings. The van der Waals surface area contributed by atoms with E-state index in [0.717, 1.165) is 45.6 Å². The summed E-state index contributed by atoms with van der Waals surface area (Å²) in [5.74, 6) is 0.217. The Morgan fingerprint density at radius 3 is 2.32 bits per heavy atom. The number of benzene rings is 2. The lowest BCUT2D eigenvalue weighted by atomic mass is 10.0. The van der Waals surface area contributed by atoms with E-state index in [-0.39, 0.29) is 5.91 Å². The van der Waals surface area contributed by atoms with E-state index >= 15 is 0 Å². The first-order chi connectivity index (χ1) is 13.8. The van der Waals surface area contributed by atoms with Gasteiger partial charge in [-0.05, 0) is 29.2 Å². The summed E-state index contributed by atoms with van der Waals surface area (Å²) >= 11 is 0. The van der Waals surface area contributed by atoms with Gasteiger partial charge in [0.25, 0.3) is 0 Å². The molecule has 0 radical (unpaired) electrons. The maximum atomic E-state index is 12.4. The zero-order chi connectivity index (χ0) is 19.2. The molecule has 1 aliphatic heterocycles. The van der Waals surface area contributed by atoms with Crippen molar-refractivity contribution in [2.45, 2.75) is 51.1 Å². The SMILES string of the molecule is O=C(CN1CCN(Cc2cccc3ccccc23)CC1)NC1CCCCCC1. The second kappa shape index (κ2) is 9.53. The first kappa shape index (κ1) is 19.4. The lowest BCUT2D eigenvalue weighted by molar-refractivity contribution is -0.123. The van der Waals surface area contributed by atoms with E-state index in [1.807, 2.05) is 0 Å². The van der Waals surface area contributed by atoms with Crippen LogP contribution in [0.15, 0.2) is 42.5 Å². The van der Waals surface area contributed by atoms with Gasteiger partial charge >= 0.3 is 0 Å². The van der Waals surface area contributed by atoms with Gasteiger partial charge in [0.1, 0.15) is 0 Å². The van der Waals surface area contributed by atoms with Crippen LogP contribution in [0.1, 0.15) is 44.1 Å². The highest BCUT2D eigenvalue weighted by Crippen LogP contribution is 2.21. The highest BCUT2D eigenvalue weighted by atomic mass is 16.2. The normalized spacial score (nSPS) is 20.1. The van der Waals surface area contributed by atoms with Gasteiger partial charge in [0.15, 0.2) is 0 Å². The Bertz CT molecular complexity index is 769. The smallest absolute Gasteiger partial charge is 0.234 e. The van der Waals surface area contributed by atoms with Crippen LogP contribution < -0.4 is 5.32 Å². The number of hydrogen-bond donors (Lipinski definition) is 1. The minimum absolute atomic E-state index is 0.217. The predicted molar refractivity (Wildman–Crippen MR) is 115 cm³/mol. The van der Waals surface area contributed by atoms with Crippen molar-refractivity contribution < 1.29 is 4.79 Å². The van der Waals surface area contributed by atoms with Crippen LogP contribution in [0.2, 0.25) is 0 Å². The molecule has 0 bridgehead atoms. The highest BCUT2D eigenvalue weighted by Gasteiger charge is 2.21. The number of rotatable bonds is 5. The van der Waals surface area contributed by atoms with Gasteiger partial charge in [-0.1, -0.05) is 68.1 Å². The van der Waals surface area contributed by atoms with Crippen molar-refractivity contribution in [3.8, 4) is 0 Å². The summed E-state index contributed by atoms with van der Waals surface area (Å²) in [5.41, 5.74) is 1.40. The number of hydrogen-bond acceptors (Lipinski definition) is 3. The van der Waals surface area contributed by atoms with Gasteiger partial charge in [0, 0.05) is 38.8 Å². The fourth-order valence-corrected chi connectivity index (χ4v) is 4.68. The number of nitrogens with zero attached hydrogens (tertiary/aromatic N) is 2. The van der Waals surface area contributed by atoms with E-state index in [1.165, 1.54) is 42.0 Å². The van der Waals surface area contributed by atoms with Gasteiger partial charge in [-0.25, -0.2) is 0 Å². The Morgan fingerprint density at radius 1 is 0.857 bits per heavy atom. The highest BCUT2D eigenvalue weighted by molar-refractivity contribution is 5.85. The number of carbonyl (C=O) groups excluding carboxylic acids is 1. The molecule has 1 saturated heterocycles. The monoisotopic (exact) mass is 379 g/mol. The van der Waals surface area contributed by atoms with Gasteiger partial charge in [0.05, 0.1) is 6.54 Å². The zero-order valence-corrected chi connectivity index (χ0v) is 16.9. The van der Waals surface area contributed by atoms with E-state index in [4.69, 9.17) is 0 Å². The summed E-state index contributed by atoms with van der Waals surface area (Å²) in [7, 11) is 0. The summed E-state index contributed by atoms with van der Waals surface area (Å²) in [5, 5.41) is 5.95. The summed E-state index contributed by atoms with van der Waals surface area (Å²) in [6, 6.07) is 15.6. The van der Waals surface area contributed by atoms with Crippen molar-refractivity contribution in [2.75, 3.05) is 32.7 Å². The fraction of sp³-hybridized carbons (Fsp3) is 0.542. The van der Waals surface area contributed by atoms with Crippen molar-refractivity contribution in [1.29, 1.82) is 0 Å². The maximum Gasteiger partial charge on any atom is 0.234 e. The third-order valence-electron chi connectivity index (χ3n) is 6.33. The maximum absolute atomic E-state index is 12.4. The molecule has 2 aromatic carbocycles. The number of piperazine rings is 1. The molecule has 4 nitrogen and oxygen atoms in total. The van der Waals surface area contributed by atoms with Crippen LogP contribution in [-0.2, 0) is 11.3 Å². The second-order valence-corrected chi connectivity index (χ2v) is 8.45. The Labute approximate surface area is 168 Å². The van der Waals surface area contributed by atoms with E-state index in [0.29, 0.717) is 12.6 Å². The van der Waals surface area contributed by atoms with Crippen molar-refractivity contribution in [3.05, 3.63) is 48.0 Å². The fourth-order valence-electron chi connectivity index (χ4n) is 4.68. The zero-order valence-electron chi connectivity index (χ0n) is 16.9. The van der Waals surface area contributed by atoms with E-state index in [2.05, 4.69) is 57.6 Å². The summed E-state index contributed by atoms with van der Waals surface area (Å²) < 4.78 is 0. The van der Waals surface area contributed by atoms with Crippen LogP contribution in [0.4, 0.5) is 0 Å². The molecule has 1 amide bonds. The Kier molecular flexibility index (Phi) is 6.61. The van der Waals surface area contributed by atoms with E-state index in [9.17, 15) is 4.79 Å². The van der Waals surface area contributed by atoms with Crippen molar-refractivity contribution in [2.24, 2.45) is 0 Å². The van der Waals surface area contributed by atoms with Crippen LogP contribution >= 0.6 is 0 Å². The number of fused-ring (bicyclic) bond motifs is 1. The third kappa shape index (κ3) is 5.12. The number of amides is 1. The van der Waals surface area contributed by atoms with Crippen LogP contribution in [0.25, 0.3) is 10.8 Å². The molecule has 1 N–H and O–H groups in total. The Morgan fingerprint density at radius 2 is 1.54 bits per heavy atom. The molecule has 1 aliphatic carbocycles. The van der Waals surface area contributed by atoms with Gasteiger partial charge < -0.3 is 5.32 Å². The van der Waals surface area contributed by atoms with E-state index < -0.39 is 0 Å². The number of carbonyl (C=O) groups is 1. The molecular formula is C24H33N3O. The molecule has 0 atom stereocenters. The van der Waals surface area contributed by atoms with Crippen molar-refractivity contribution >= 4 is 16.7 Å². The average molecular weight is 380 g/mol. The summed E-state index contributed by atoms with van der Waals surface area (Å²) in [6.45, 7) is 5.55. The van der Waals surface area contributed by atoms with Crippen LogP contribution in [0.3, 0.4) is 0 Å². The van der Waals surface area contributed by atoms with Crippen molar-refractivity contribution in [3.63, 3.8) is 0 Å². The summed E-state index contributed by atoms with van der Waals surface area (Å²) in [4.78, 5) is 17.3. The average Bonchev–Trinajstić information content (AvgIpc) is 2.98. The van der Waals surface area contributed by atoms with Gasteiger partial charge in [-0.2, -0.15) is 0 Å². The molecule has 150 valence electrons. The minimum Gasteiger partial charge on any atom is -0.352 e. The molecule has 0 aromatic heterocycles. The molecule has 0 unspecified atom stereocenters. The second-order valence-electron chi connectivity index (χ2n) is 8.45. The van der Waals surface area contributed by atoms with Crippen LogP contribution in [0, 0.1) is 0 Å². The number of nitrogens with one attached hydrogen (secondary N) is 1. The molecular weight excluding hydrogens is 346 g/mol. The van der Waals surface area contributed by atoms with Crippen molar-refractivity contribution in [1.82, 2.24) is 15.1 Å². The minimum atomic E-state index is 0.217.